The van der Waals surface area contributed by atoms with Gasteiger partial charge in [-0.3, -0.25) is 4.79 Å². The average Bonchev–Trinajstić information content (AvgIpc) is 2.65. The Morgan fingerprint density at radius 3 is 2.33 bits per heavy atom. The van der Waals surface area contributed by atoms with Crippen LogP contribution in [0.4, 0.5) is 0 Å². The standard InChI is InChI=1S/C19H19Cl2NO5/c1-11(12-4-6-14(20)7-5-12)22-17(23)10-27-19(24)13-8-15(21)18(26-3)16(9-13)25-2/h4-9,11H,10H2,1-3H3,(H,22,23)/t11-/m1/s1. The van der Waals surface area contributed by atoms with Crippen molar-refractivity contribution in [3.63, 3.8) is 0 Å². The molecule has 2 rings (SSSR count). The number of rotatable bonds is 7. The van der Waals surface area contributed by atoms with Gasteiger partial charge in [-0.15, -0.1) is 0 Å². The second-order valence-electron chi connectivity index (χ2n) is 5.61. The molecule has 1 atom stereocenters. The topological polar surface area (TPSA) is 73.9 Å². The van der Waals surface area contributed by atoms with Crippen molar-refractivity contribution in [2.75, 3.05) is 20.8 Å². The summed E-state index contributed by atoms with van der Waals surface area (Å²) in [5.41, 5.74) is 1.03. The second kappa shape index (κ2) is 9.48. The molecule has 8 heteroatoms. The molecule has 0 unspecified atom stereocenters. The Balaban J connectivity index is 1.95. The molecule has 0 saturated carbocycles. The zero-order valence-corrected chi connectivity index (χ0v) is 16.6. The summed E-state index contributed by atoms with van der Waals surface area (Å²) >= 11 is 11.9. The molecule has 0 spiro atoms. The predicted octanol–water partition coefficient (Wildman–Crippen LogP) is 4.04. The van der Waals surface area contributed by atoms with Gasteiger partial charge in [0.25, 0.3) is 5.91 Å². The summed E-state index contributed by atoms with van der Waals surface area (Å²) < 4.78 is 15.3. The molecule has 1 amide bonds. The van der Waals surface area contributed by atoms with Gasteiger partial charge >= 0.3 is 5.97 Å². The van der Waals surface area contributed by atoms with Gasteiger partial charge in [0, 0.05) is 5.02 Å². The molecule has 27 heavy (non-hydrogen) atoms. The van der Waals surface area contributed by atoms with Crippen LogP contribution >= 0.6 is 23.2 Å². The van der Waals surface area contributed by atoms with Crippen molar-refractivity contribution in [1.29, 1.82) is 0 Å². The van der Waals surface area contributed by atoms with Gasteiger partial charge < -0.3 is 19.5 Å². The summed E-state index contributed by atoms with van der Waals surface area (Å²) in [4.78, 5) is 24.2. The van der Waals surface area contributed by atoms with Crippen LogP contribution in [0.5, 0.6) is 11.5 Å². The van der Waals surface area contributed by atoms with Crippen molar-refractivity contribution in [1.82, 2.24) is 5.32 Å². The predicted molar refractivity (Wildman–Crippen MR) is 103 cm³/mol. The molecule has 0 radical (unpaired) electrons. The Kier molecular flexibility index (Phi) is 7.33. The van der Waals surface area contributed by atoms with E-state index in [0.717, 1.165) is 5.56 Å². The Morgan fingerprint density at radius 2 is 1.74 bits per heavy atom. The third-order valence-corrected chi connectivity index (χ3v) is 4.28. The van der Waals surface area contributed by atoms with Crippen LogP contribution < -0.4 is 14.8 Å². The zero-order valence-electron chi connectivity index (χ0n) is 15.0. The first-order chi connectivity index (χ1) is 12.8. The maximum atomic E-state index is 12.2. The molecule has 0 aliphatic carbocycles. The van der Waals surface area contributed by atoms with E-state index >= 15 is 0 Å². The van der Waals surface area contributed by atoms with E-state index in [2.05, 4.69) is 5.32 Å². The SMILES string of the molecule is COc1cc(C(=O)OCC(=O)N[C@H](C)c2ccc(Cl)cc2)cc(Cl)c1OC. The number of nitrogens with one attached hydrogen (secondary N) is 1. The Bertz CT molecular complexity index is 824. The number of halogens is 2. The monoisotopic (exact) mass is 411 g/mol. The molecule has 2 aromatic rings. The quantitative estimate of drug-likeness (QED) is 0.695. The number of methoxy groups -OCH3 is 2. The van der Waals surface area contributed by atoms with Crippen LogP contribution in [0, 0.1) is 0 Å². The molecule has 0 saturated heterocycles. The van der Waals surface area contributed by atoms with E-state index in [-0.39, 0.29) is 22.4 Å². The summed E-state index contributed by atoms with van der Waals surface area (Å²) in [6.07, 6.45) is 0. The first-order valence-electron chi connectivity index (χ1n) is 7.99. The molecule has 0 aromatic heterocycles. The highest BCUT2D eigenvalue weighted by Crippen LogP contribution is 2.36. The number of esters is 1. The van der Waals surface area contributed by atoms with Crippen molar-refractivity contribution in [3.05, 3.63) is 57.6 Å². The van der Waals surface area contributed by atoms with Crippen LogP contribution in [0.15, 0.2) is 36.4 Å². The van der Waals surface area contributed by atoms with Gasteiger partial charge in [-0.25, -0.2) is 4.79 Å². The smallest absolute Gasteiger partial charge is 0.338 e. The fraction of sp³-hybridized carbons (Fsp3) is 0.263. The molecule has 0 heterocycles. The summed E-state index contributed by atoms with van der Waals surface area (Å²) in [6, 6.07) is 9.65. The molecule has 0 bridgehead atoms. The molecule has 6 nitrogen and oxygen atoms in total. The molecule has 2 aromatic carbocycles. The Morgan fingerprint density at radius 1 is 1.07 bits per heavy atom. The van der Waals surface area contributed by atoms with Crippen molar-refractivity contribution in [2.24, 2.45) is 0 Å². The minimum Gasteiger partial charge on any atom is -0.493 e. The molecule has 1 N–H and O–H groups in total. The number of carbonyl (C=O) groups excluding carboxylic acids is 2. The van der Waals surface area contributed by atoms with Crippen molar-refractivity contribution >= 4 is 35.1 Å². The number of hydrogen-bond acceptors (Lipinski definition) is 5. The second-order valence-corrected chi connectivity index (χ2v) is 6.45. The minimum atomic E-state index is -0.702. The van der Waals surface area contributed by atoms with E-state index in [1.165, 1.54) is 26.4 Å². The lowest BCUT2D eigenvalue weighted by Gasteiger charge is -2.15. The fourth-order valence-electron chi connectivity index (χ4n) is 2.37. The Hall–Kier alpha value is -2.44. The highest BCUT2D eigenvalue weighted by atomic mass is 35.5. The third-order valence-electron chi connectivity index (χ3n) is 3.75. The van der Waals surface area contributed by atoms with Gasteiger partial charge in [-0.05, 0) is 36.8 Å². The van der Waals surface area contributed by atoms with Gasteiger partial charge in [-0.2, -0.15) is 0 Å². The van der Waals surface area contributed by atoms with E-state index in [4.69, 9.17) is 37.4 Å². The summed E-state index contributed by atoms with van der Waals surface area (Å²) in [5.74, 6) is -0.535. The molecule has 144 valence electrons. The lowest BCUT2D eigenvalue weighted by Crippen LogP contribution is -2.31. The number of carbonyl (C=O) groups is 2. The lowest BCUT2D eigenvalue weighted by atomic mass is 10.1. The maximum absolute atomic E-state index is 12.2. The van der Waals surface area contributed by atoms with Gasteiger partial charge in [-0.1, -0.05) is 35.3 Å². The van der Waals surface area contributed by atoms with E-state index in [9.17, 15) is 9.59 Å². The first-order valence-corrected chi connectivity index (χ1v) is 8.74. The molecule has 0 aliphatic heterocycles. The molecular formula is C19H19Cl2NO5. The van der Waals surface area contributed by atoms with Crippen LogP contribution in [-0.4, -0.2) is 32.7 Å². The normalized spacial score (nSPS) is 11.4. The highest BCUT2D eigenvalue weighted by molar-refractivity contribution is 6.32. The van der Waals surface area contributed by atoms with Gasteiger partial charge in [0.15, 0.2) is 18.1 Å². The average molecular weight is 412 g/mol. The van der Waals surface area contributed by atoms with Gasteiger partial charge in [0.05, 0.1) is 30.8 Å². The van der Waals surface area contributed by atoms with E-state index in [1.54, 1.807) is 12.1 Å². The van der Waals surface area contributed by atoms with Crippen molar-refractivity contribution < 1.29 is 23.8 Å². The largest absolute Gasteiger partial charge is 0.493 e. The number of hydrogen-bond donors (Lipinski definition) is 1. The Labute approximate surface area is 167 Å². The fourth-order valence-corrected chi connectivity index (χ4v) is 2.78. The van der Waals surface area contributed by atoms with Crippen molar-refractivity contribution in [2.45, 2.75) is 13.0 Å². The van der Waals surface area contributed by atoms with Gasteiger partial charge in [0.2, 0.25) is 0 Å². The highest BCUT2D eigenvalue weighted by Gasteiger charge is 2.18. The minimum absolute atomic E-state index is 0.149. The van der Waals surface area contributed by atoms with Crippen LogP contribution in [0.3, 0.4) is 0 Å². The van der Waals surface area contributed by atoms with E-state index in [1.807, 2.05) is 19.1 Å². The summed E-state index contributed by atoms with van der Waals surface area (Å²) in [6.45, 7) is 1.39. The summed E-state index contributed by atoms with van der Waals surface area (Å²) in [5, 5.41) is 3.55. The summed E-state index contributed by atoms with van der Waals surface area (Å²) in [7, 11) is 2.86. The zero-order chi connectivity index (χ0) is 20.0. The number of amides is 1. The maximum Gasteiger partial charge on any atom is 0.338 e. The van der Waals surface area contributed by atoms with Crippen LogP contribution in [0.1, 0.15) is 28.9 Å². The third kappa shape index (κ3) is 5.52. The number of benzene rings is 2. The molecule has 0 aliphatic rings. The lowest BCUT2D eigenvalue weighted by molar-refractivity contribution is -0.124. The first kappa shape index (κ1) is 20.9. The number of ether oxygens (including phenoxy) is 3. The van der Waals surface area contributed by atoms with Crippen LogP contribution in [-0.2, 0) is 9.53 Å². The van der Waals surface area contributed by atoms with Crippen LogP contribution in [0.2, 0.25) is 10.0 Å². The van der Waals surface area contributed by atoms with Crippen molar-refractivity contribution in [3.8, 4) is 11.5 Å². The van der Waals surface area contributed by atoms with E-state index < -0.39 is 18.5 Å². The van der Waals surface area contributed by atoms with Crippen LogP contribution in [0.25, 0.3) is 0 Å². The van der Waals surface area contributed by atoms with E-state index in [0.29, 0.717) is 10.8 Å². The molecular weight excluding hydrogens is 393 g/mol. The molecule has 0 fully saturated rings. The van der Waals surface area contributed by atoms with Gasteiger partial charge in [0.1, 0.15) is 0 Å².